The quantitative estimate of drug-likeness (QED) is 0.363. The molecule has 0 saturated carbocycles. The van der Waals surface area contributed by atoms with Crippen LogP contribution in [0.1, 0.15) is 30.1 Å². The van der Waals surface area contributed by atoms with Gasteiger partial charge in [0.15, 0.2) is 0 Å². The first-order valence-electron chi connectivity index (χ1n) is 7.68. The molecule has 24 heavy (non-hydrogen) atoms. The van der Waals surface area contributed by atoms with E-state index in [-0.39, 0.29) is 11.8 Å². The van der Waals surface area contributed by atoms with Crippen molar-refractivity contribution in [1.82, 2.24) is 0 Å². The molecule has 0 heterocycles. The number of amides is 2. The third-order valence-electron chi connectivity index (χ3n) is 3.46. The van der Waals surface area contributed by atoms with Crippen molar-refractivity contribution in [3.63, 3.8) is 0 Å². The summed E-state index contributed by atoms with van der Waals surface area (Å²) in [7, 11) is 0. The molecule has 3 N–H and O–H groups in total. The van der Waals surface area contributed by atoms with Gasteiger partial charge < -0.3 is 5.32 Å². The highest BCUT2D eigenvalue weighted by Gasteiger charge is 2.14. The van der Waals surface area contributed by atoms with Crippen LogP contribution < -0.4 is 16.2 Å². The highest BCUT2D eigenvalue weighted by molar-refractivity contribution is 7.98. The van der Waals surface area contributed by atoms with Crippen LogP contribution >= 0.6 is 11.8 Å². The molecule has 2 rings (SSSR count). The van der Waals surface area contributed by atoms with Crippen LogP contribution in [-0.4, -0.2) is 18.1 Å². The Morgan fingerprint density at radius 3 is 2.25 bits per heavy atom. The van der Waals surface area contributed by atoms with Crippen molar-refractivity contribution in [2.24, 2.45) is 5.84 Å². The van der Waals surface area contributed by atoms with Crippen LogP contribution in [0, 0.1) is 0 Å². The largest absolute Gasteiger partial charge is 0.326 e. The average molecular weight is 343 g/mol. The molecule has 0 bridgehead atoms. The summed E-state index contributed by atoms with van der Waals surface area (Å²) >= 11 is 1.63. The summed E-state index contributed by atoms with van der Waals surface area (Å²) in [5.41, 5.74) is 1.75. The Morgan fingerprint density at radius 2 is 1.71 bits per heavy atom. The molecular weight excluding hydrogens is 322 g/mol. The number of carbonyl (C=O) groups excluding carboxylic acids is 2. The van der Waals surface area contributed by atoms with Crippen LogP contribution in [0.3, 0.4) is 0 Å². The molecule has 2 aromatic rings. The van der Waals surface area contributed by atoms with E-state index in [1.54, 1.807) is 36.0 Å². The van der Waals surface area contributed by atoms with E-state index < -0.39 is 0 Å². The lowest BCUT2D eigenvalue weighted by atomic mass is 10.1. The van der Waals surface area contributed by atoms with Gasteiger partial charge in [0.1, 0.15) is 0 Å². The fourth-order valence-electron chi connectivity index (χ4n) is 2.15. The lowest BCUT2D eigenvalue weighted by Gasteiger charge is -2.17. The maximum atomic E-state index is 12.4. The monoisotopic (exact) mass is 343 g/mol. The molecule has 5 nitrogen and oxygen atoms in total. The van der Waals surface area contributed by atoms with Crippen molar-refractivity contribution in [3.05, 3.63) is 54.1 Å². The standard InChI is InChI=1S/C18H21N3O2S/c1-3-4-17(22)20-14-7-5-13(6-8-14)18(23)21(19)15-9-11-16(24-2)12-10-15/h5-12H,3-4,19H2,1-2H3,(H,20,22). The van der Waals surface area contributed by atoms with Crippen molar-refractivity contribution in [2.75, 3.05) is 16.6 Å². The summed E-state index contributed by atoms with van der Waals surface area (Å²) in [5.74, 6) is 5.58. The van der Waals surface area contributed by atoms with Gasteiger partial charge in [0.25, 0.3) is 5.91 Å². The molecule has 0 spiro atoms. The molecule has 0 unspecified atom stereocenters. The summed E-state index contributed by atoms with van der Waals surface area (Å²) in [4.78, 5) is 25.1. The number of rotatable bonds is 6. The molecule has 126 valence electrons. The third kappa shape index (κ3) is 4.59. The van der Waals surface area contributed by atoms with Crippen molar-refractivity contribution in [2.45, 2.75) is 24.7 Å². The second-order valence-electron chi connectivity index (χ2n) is 5.25. The van der Waals surface area contributed by atoms with Gasteiger partial charge in [-0.15, -0.1) is 11.8 Å². The molecule has 0 aromatic heterocycles. The molecule has 0 fully saturated rings. The zero-order valence-corrected chi connectivity index (χ0v) is 14.6. The summed E-state index contributed by atoms with van der Waals surface area (Å²) in [6, 6.07) is 14.2. The maximum absolute atomic E-state index is 12.4. The summed E-state index contributed by atoms with van der Waals surface area (Å²) in [6.45, 7) is 1.95. The number of hydrazine groups is 1. The van der Waals surface area contributed by atoms with Gasteiger partial charge in [-0.1, -0.05) is 6.92 Å². The van der Waals surface area contributed by atoms with Gasteiger partial charge in [0.2, 0.25) is 5.91 Å². The van der Waals surface area contributed by atoms with E-state index in [9.17, 15) is 9.59 Å². The van der Waals surface area contributed by atoms with Gasteiger partial charge in [-0.05, 0) is 61.2 Å². The van der Waals surface area contributed by atoms with E-state index in [1.165, 1.54) is 0 Å². The SMILES string of the molecule is CCCC(=O)Nc1ccc(C(=O)N(N)c2ccc(SC)cc2)cc1. The molecule has 2 amide bonds. The van der Waals surface area contributed by atoms with Gasteiger partial charge in [-0.2, -0.15) is 0 Å². The van der Waals surface area contributed by atoms with Crippen molar-refractivity contribution < 1.29 is 9.59 Å². The highest BCUT2D eigenvalue weighted by Crippen LogP contribution is 2.20. The molecule has 0 aliphatic carbocycles. The number of nitrogens with two attached hydrogens (primary N) is 1. The summed E-state index contributed by atoms with van der Waals surface area (Å²) in [5, 5.41) is 3.90. The molecule has 0 aliphatic rings. The lowest BCUT2D eigenvalue weighted by molar-refractivity contribution is -0.116. The summed E-state index contributed by atoms with van der Waals surface area (Å²) in [6.07, 6.45) is 3.25. The zero-order valence-electron chi connectivity index (χ0n) is 13.8. The number of anilines is 2. The maximum Gasteiger partial charge on any atom is 0.272 e. The molecule has 0 aliphatic heterocycles. The van der Waals surface area contributed by atoms with Crippen LogP contribution in [0.2, 0.25) is 0 Å². The van der Waals surface area contributed by atoms with E-state index in [1.807, 2.05) is 37.4 Å². The van der Waals surface area contributed by atoms with E-state index in [0.29, 0.717) is 23.4 Å². The summed E-state index contributed by atoms with van der Waals surface area (Å²) < 4.78 is 0. The number of thioether (sulfide) groups is 1. The molecular formula is C18H21N3O2S. The van der Waals surface area contributed by atoms with Crippen molar-refractivity contribution in [1.29, 1.82) is 0 Å². The van der Waals surface area contributed by atoms with Gasteiger partial charge in [0.05, 0.1) is 5.69 Å². The average Bonchev–Trinajstić information content (AvgIpc) is 2.61. The Bertz CT molecular complexity index is 699. The number of hydrogen-bond donors (Lipinski definition) is 2. The lowest BCUT2D eigenvalue weighted by Crippen LogP contribution is -2.37. The zero-order chi connectivity index (χ0) is 17.5. The van der Waals surface area contributed by atoms with Crippen LogP contribution in [0.25, 0.3) is 0 Å². The minimum Gasteiger partial charge on any atom is -0.326 e. The predicted molar refractivity (Wildman–Crippen MR) is 99.2 cm³/mol. The van der Waals surface area contributed by atoms with Gasteiger partial charge in [-0.25, -0.2) is 10.9 Å². The van der Waals surface area contributed by atoms with Crippen LogP contribution in [0.4, 0.5) is 11.4 Å². The fraction of sp³-hybridized carbons (Fsp3) is 0.222. The second kappa shape index (κ2) is 8.52. The number of benzene rings is 2. The Balaban J connectivity index is 2.06. The predicted octanol–water partition coefficient (Wildman–Crippen LogP) is 3.67. The Morgan fingerprint density at radius 1 is 1.08 bits per heavy atom. The number of hydrogen-bond acceptors (Lipinski definition) is 4. The minimum absolute atomic E-state index is 0.0362. The minimum atomic E-state index is -0.307. The molecule has 2 aromatic carbocycles. The van der Waals surface area contributed by atoms with E-state index in [4.69, 9.17) is 5.84 Å². The van der Waals surface area contributed by atoms with Gasteiger partial charge in [-0.3, -0.25) is 9.59 Å². The Kier molecular flexibility index (Phi) is 6.40. The first-order valence-corrected chi connectivity index (χ1v) is 8.90. The Hall–Kier alpha value is -2.31. The molecule has 0 atom stereocenters. The highest BCUT2D eigenvalue weighted by atomic mass is 32.2. The fourth-order valence-corrected chi connectivity index (χ4v) is 2.55. The van der Waals surface area contributed by atoms with Gasteiger partial charge >= 0.3 is 0 Å². The van der Waals surface area contributed by atoms with Gasteiger partial charge in [0, 0.05) is 22.6 Å². The molecule has 6 heteroatoms. The normalized spacial score (nSPS) is 10.3. The third-order valence-corrected chi connectivity index (χ3v) is 4.21. The number of nitrogens with one attached hydrogen (secondary N) is 1. The molecule has 0 saturated heterocycles. The number of carbonyl (C=O) groups is 2. The van der Waals surface area contributed by atoms with Crippen LogP contribution in [0.15, 0.2) is 53.4 Å². The number of nitrogens with zero attached hydrogens (tertiary/aromatic N) is 1. The Labute approximate surface area is 146 Å². The van der Waals surface area contributed by atoms with E-state index in [0.717, 1.165) is 16.3 Å². The van der Waals surface area contributed by atoms with E-state index in [2.05, 4.69) is 5.32 Å². The van der Waals surface area contributed by atoms with E-state index >= 15 is 0 Å². The van der Waals surface area contributed by atoms with Crippen molar-refractivity contribution in [3.8, 4) is 0 Å². The van der Waals surface area contributed by atoms with Crippen molar-refractivity contribution >= 4 is 35.0 Å². The second-order valence-corrected chi connectivity index (χ2v) is 6.13. The smallest absolute Gasteiger partial charge is 0.272 e. The van der Waals surface area contributed by atoms with Crippen LogP contribution in [-0.2, 0) is 4.79 Å². The van der Waals surface area contributed by atoms with Crippen LogP contribution in [0.5, 0.6) is 0 Å². The topological polar surface area (TPSA) is 75.4 Å². The molecule has 0 radical (unpaired) electrons. The first kappa shape index (κ1) is 18.0. The first-order chi connectivity index (χ1) is 11.5.